The van der Waals surface area contributed by atoms with Crippen LogP contribution in [-0.4, -0.2) is 32.7 Å². The van der Waals surface area contributed by atoms with Crippen LogP contribution < -0.4 is 4.31 Å². The smallest absolute Gasteiger partial charge is 0.339 e. The fourth-order valence-electron chi connectivity index (χ4n) is 1.94. The Balaban J connectivity index is 2.31. The Morgan fingerprint density at radius 1 is 1.30 bits per heavy atom. The van der Waals surface area contributed by atoms with Crippen molar-refractivity contribution in [2.24, 2.45) is 0 Å². The van der Waals surface area contributed by atoms with Crippen LogP contribution in [0.3, 0.4) is 0 Å². The molecule has 6 nitrogen and oxygen atoms in total. The topological polar surface area (TPSA) is 76.6 Å². The number of pyridine rings is 1. The van der Waals surface area contributed by atoms with E-state index in [1.807, 2.05) is 0 Å². The van der Waals surface area contributed by atoms with Crippen LogP contribution >= 0.6 is 11.6 Å². The van der Waals surface area contributed by atoms with E-state index in [0.29, 0.717) is 22.0 Å². The van der Waals surface area contributed by atoms with E-state index in [-0.39, 0.29) is 6.54 Å². The molecule has 0 saturated heterocycles. The third kappa shape index (κ3) is 4.43. The van der Waals surface area contributed by atoms with Gasteiger partial charge in [-0.2, -0.15) is 0 Å². The first-order valence-electron chi connectivity index (χ1n) is 6.58. The van der Waals surface area contributed by atoms with Crippen molar-refractivity contribution in [3.05, 3.63) is 58.9 Å². The van der Waals surface area contributed by atoms with E-state index in [9.17, 15) is 13.2 Å². The second-order valence-electron chi connectivity index (χ2n) is 4.78. The molecule has 0 atom stereocenters. The molecule has 0 saturated carbocycles. The summed E-state index contributed by atoms with van der Waals surface area (Å²) in [7, 11) is -2.24. The van der Waals surface area contributed by atoms with Gasteiger partial charge in [0.25, 0.3) is 0 Å². The SMILES string of the molecule is COC(=O)c1ccc(CN(c2cccc(Cl)c2)S(C)(=O)=O)nc1. The Morgan fingerprint density at radius 2 is 2.04 bits per heavy atom. The summed E-state index contributed by atoms with van der Waals surface area (Å²) in [5, 5.41) is 0.435. The molecular weight excluding hydrogens is 340 g/mol. The molecular formula is C15H15ClN2O4S. The van der Waals surface area contributed by atoms with Crippen LogP contribution in [0.4, 0.5) is 5.69 Å². The summed E-state index contributed by atoms with van der Waals surface area (Å²) in [6, 6.07) is 9.65. The average molecular weight is 355 g/mol. The van der Waals surface area contributed by atoms with Crippen LogP contribution in [0.25, 0.3) is 0 Å². The number of carbonyl (C=O) groups excluding carboxylic acids is 1. The molecule has 0 bridgehead atoms. The van der Waals surface area contributed by atoms with Gasteiger partial charge in [0, 0.05) is 11.2 Å². The number of benzene rings is 1. The van der Waals surface area contributed by atoms with Gasteiger partial charge in [0.1, 0.15) is 0 Å². The first-order valence-corrected chi connectivity index (χ1v) is 8.80. The number of sulfonamides is 1. The molecule has 1 aromatic heterocycles. The van der Waals surface area contributed by atoms with Gasteiger partial charge < -0.3 is 4.74 Å². The molecule has 0 unspecified atom stereocenters. The number of nitrogens with zero attached hydrogens (tertiary/aromatic N) is 2. The Morgan fingerprint density at radius 3 is 2.57 bits per heavy atom. The van der Waals surface area contributed by atoms with Crippen molar-refractivity contribution >= 4 is 33.3 Å². The highest BCUT2D eigenvalue weighted by Gasteiger charge is 2.19. The first-order chi connectivity index (χ1) is 10.8. The first kappa shape index (κ1) is 17.2. The highest BCUT2D eigenvalue weighted by atomic mass is 35.5. The Labute approximate surface area is 139 Å². The molecule has 2 aromatic rings. The number of aromatic nitrogens is 1. The molecule has 8 heteroatoms. The van der Waals surface area contributed by atoms with Crippen molar-refractivity contribution in [1.29, 1.82) is 0 Å². The predicted molar refractivity (Wildman–Crippen MR) is 88.1 cm³/mol. The molecule has 2 rings (SSSR count). The van der Waals surface area contributed by atoms with Crippen LogP contribution in [-0.2, 0) is 21.3 Å². The number of esters is 1. The minimum absolute atomic E-state index is 0.0284. The molecule has 0 fully saturated rings. The van der Waals surface area contributed by atoms with E-state index < -0.39 is 16.0 Å². The molecule has 23 heavy (non-hydrogen) atoms. The lowest BCUT2D eigenvalue weighted by Crippen LogP contribution is -2.29. The van der Waals surface area contributed by atoms with Gasteiger partial charge in [-0.05, 0) is 30.3 Å². The molecule has 0 radical (unpaired) electrons. The average Bonchev–Trinajstić information content (AvgIpc) is 2.51. The maximum atomic E-state index is 12.0. The third-order valence-corrected chi connectivity index (χ3v) is 4.42. The molecule has 0 amide bonds. The zero-order valence-corrected chi connectivity index (χ0v) is 14.1. The van der Waals surface area contributed by atoms with Crippen molar-refractivity contribution in [3.8, 4) is 0 Å². The number of halogens is 1. The predicted octanol–water partition coefficient (Wildman–Crippen LogP) is 2.49. The van der Waals surface area contributed by atoms with E-state index >= 15 is 0 Å². The maximum Gasteiger partial charge on any atom is 0.339 e. The van der Waals surface area contributed by atoms with E-state index in [2.05, 4.69) is 9.72 Å². The summed E-state index contributed by atoms with van der Waals surface area (Å²) in [6.07, 6.45) is 2.45. The zero-order valence-electron chi connectivity index (χ0n) is 12.6. The van der Waals surface area contributed by atoms with E-state index in [0.717, 1.165) is 6.26 Å². The number of hydrogen-bond acceptors (Lipinski definition) is 5. The van der Waals surface area contributed by atoms with Gasteiger partial charge in [-0.15, -0.1) is 0 Å². The van der Waals surface area contributed by atoms with Crippen molar-refractivity contribution < 1.29 is 17.9 Å². The lowest BCUT2D eigenvalue weighted by molar-refractivity contribution is 0.0600. The number of hydrogen-bond donors (Lipinski definition) is 0. The monoisotopic (exact) mass is 354 g/mol. The summed E-state index contributed by atoms with van der Waals surface area (Å²) in [4.78, 5) is 15.5. The molecule has 1 heterocycles. The highest BCUT2D eigenvalue weighted by molar-refractivity contribution is 7.92. The largest absolute Gasteiger partial charge is 0.465 e. The molecule has 122 valence electrons. The quantitative estimate of drug-likeness (QED) is 0.771. The van der Waals surface area contributed by atoms with Crippen LogP contribution in [0.1, 0.15) is 16.1 Å². The number of rotatable bonds is 5. The van der Waals surface area contributed by atoms with Crippen LogP contribution in [0.2, 0.25) is 5.02 Å². The molecule has 0 spiro atoms. The minimum Gasteiger partial charge on any atom is -0.465 e. The Kier molecular flexibility index (Phi) is 5.23. The molecule has 0 aliphatic rings. The number of carbonyl (C=O) groups is 1. The normalized spacial score (nSPS) is 11.1. The van der Waals surface area contributed by atoms with Crippen molar-refractivity contribution in [1.82, 2.24) is 4.98 Å². The molecule has 0 N–H and O–H groups in total. The summed E-state index contributed by atoms with van der Waals surface area (Å²) in [5.74, 6) is -0.501. The van der Waals surface area contributed by atoms with Crippen molar-refractivity contribution in [2.75, 3.05) is 17.7 Å². The van der Waals surface area contributed by atoms with Gasteiger partial charge in [0.2, 0.25) is 10.0 Å². The van der Waals surface area contributed by atoms with Gasteiger partial charge in [0.15, 0.2) is 0 Å². The number of methoxy groups -OCH3 is 1. The number of ether oxygens (including phenoxy) is 1. The summed E-state index contributed by atoms with van der Waals surface area (Å²) >= 11 is 5.93. The minimum atomic E-state index is -3.52. The van der Waals surface area contributed by atoms with Crippen LogP contribution in [0.5, 0.6) is 0 Å². The molecule has 1 aromatic carbocycles. The second kappa shape index (κ2) is 6.97. The standard InChI is InChI=1S/C15H15ClN2O4S/c1-22-15(19)11-6-7-13(17-9-11)10-18(23(2,20)21)14-5-3-4-12(16)8-14/h3-9H,10H2,1-2H3. The third-order valence-electron chi connectivity index (χ3n) is 3.05. The van der Waals surface area contributed by atoms with Gasteiger partial charge >= 0.3 is 5.97 Å². The lowest BCUT2D eigenvalue weighted by atomic mass is 10.2. The fourth-order valence-corrected chi connectivity index (χ4v) is 2.98. The summed E-state index contributed by atoms with van der Waals surface area (Å²) in [6.45, 7) is 0.0284. The van der Waals surface area contributed by atoms with Gasteiger partial charge in [0.05, 0.1) is 36.9 Å². The van der Waals surface area contributed by atoms with E-state index in [4.69, 9.17) is 11.6 Å². The van der Waals surface area contributed by atoms with Crippen LogP contribution in [0, 0.1) is 0 Å². The number of anilines is 1. The van der Waals surface area contributed by atoms with Gasteiger partial charge in [-0.25, -0.2) is 13.2 Å². The molecule has 0 aliphatic carbocycles. The van der Waals surface area contributed by atoms with Gasteiger partial charge in [-0.3, -0.25) is 9.29 Å². The van der Waals surface area contributed by atoms with Gasteiger partial charge in [-0.1, -0.05) is 17.7 Å². The zero-order chi connectivity index (χ0) is 17.0. The van der Waals surface area contributed by atoms with E-state index in [1.54, 1.807) is 30.3 Å². The fraction of sp³-hybridized carbons (Fsp3) is 0.200. The lowest BCUT2D eigenvalue weighted by Gasteiger charge is -2.22. The summed E-state index contributed by atoms with van der Waals surface area (Å²) < 4.78 is 29.9. The summed E-state index contributed by atoms with van der Waals surface area (Å²) in [5.41, 5.74) is 1.23. The van der Waals surface area contributed by atoms with Crippen molar-refractivity contribution in [3.63, 3.8) is 0 Å². The Hall–Kier alpha value is -2.12. The highest BCUT2D eigenvalue weighted by Crippen LogP contribution is 2.23. The van der Waals surface area contributed by atoms with Crippen molar-refractivity contribution in [2.45, 2.75) is 6.54 Å². The Bertz CT molecular complexity index is 806. The maximum absolute atomic E-state index is 12.0. The van der Waals surface area contributed by atoms with E-state index in [1.165, 1.54) is 23.7 Å². The molecule has 0 aliphatic heterocycles. The van der Waals surface area contributed by atoms with Crippen LogP contribution in [0.15, 0.2) is 42.6 Å². The second-order valence-corrected chi connectivity index (χ2v) is 7.12.